The minimum absolute atomic E-state index is 0.0793. The average molecular weight is 478 g/mol. The summed E-state index contributed by atoms with van der Waals surface area (Å²) in [5, 5.41) is 2.46. The lowest BCUT2D eigenvalue weighted by Crippen LogP contribution is -2.62. The molecule has 2 atom stereocenters. The molecule has 2 heterocycles. The number of benzene rings is 2. The van der Waals surface area contributed by atoms with E-state index in [4.69, 9.17) is 4.74 Å². The number of carbonyl (C=O) groups excluding carboxylic acids is 3. The number of nitrogens with one attached hydrogen (secondary N) is 2. The molecule has 2 unspecified atom stereocenters. The van der Waals surface area contributed by atoms with E-state index in [1.807, 2.05) is 0 Å². The van der Waals surface area contributed by atoms with E-state index in [0.717, 1.165) is 11.0 Å². The van der Waals surface area contributed by atoms with Crippen LogP contribution in [0.4, 0.5) is 28.4 Å². The predicted molar refractivity (Wildman–Crippen MR) is 112 cm³/mol. The lowest BCUT2D eigenvalue weighted by molar-refractivity contribution is -0.138. The molecule has 0 radical (unpaired) electrons. The summed E-state index contributed by atoms with van der Waals surface area (Å²) in [4.78, 5) is 45.0. The Labute approximate surface area is 192 Å². The molecule has 2 N–H and O–H groups in total. The number of hydrogen-bond donors (Lipinski definition) is 2. The lowest BCUT2D eigenvalue weighted by atomic mass is 9.98. The number of nitrogens with zero attached hydrogens (tertiary/aromatic N) is 2. The van der Waals surface area contributed by atoms with Crippen LogP contribution in [0.15, 0.2) is 42.5 Å². The Kier molecular flexibility index (Phi) is 6.09. The van der Waals surface area contributed by atoms with Crippen LogP contribution in [0.2, 0.25) is 0 Å². The van der Waals surface area contributed by atoms with Gasteiger partial charge in [0.15, 0.2) is 0 Å². The third-order valence-electron chi connectivity index (χ3n) is 5.84. The monoisotopic (exact) mass is 478 g/mol. The van der Waals surface area contributed by atoms with Crippen molar-refractivity contribution in [3.63, 3.8) is 0 Å². The third-order valence-corrected chi connectivity index (χ3v) is 5.84. The quantitative estimate of drug-likeness (QED) is 0.685. The van der Waals surface area contributed by atoms with E-state index in [9.17, 15) is 27.6 Å². The number of halogens is 3. The summed E-state index contributed by atoms with van der Waals surface area (Å²) < 4.78 is 45.3. The Bertz CT molecular complexity index is 1120. The van der Waals surface area contributed by atoms with Crippen LogP contribution >= 0.6 is 0 Å². The van der Waals surface area contributed by atoms with Gasteiger partial charge in [-0.05, 0) is 48.4 Å². The Morgan fingerprint density at radius 2 is 1.82 bits per heavy atom. The molecule has 0 aromatic heterocycles. The fourth-order valence-corrected chi connectivity index (χ4v) is 3.98. The van der Waals surface area contributed by atoms with Crippen molar-refractivity contribution in [2.24, 2.45) is 5.92 Å². The standard InChI is InChI=1S/C22H21F3N4O5/c1-12-13(4-3-5-17(12)22(23,24)25)10-29-19(30)16(18-26-20(31)34-27-18)11-28(21(29)32)14-6-8-15(33-2)9-7-14/h3-9,16,18,27H,10-11H2,1-2H3,(H,26,31). The number of ether oxygens (including phenoxy) is 1. The molecule has 4 amide bonds. The number of imide groups is 1. The first-order valence-electron chi connectivity index (χ1n) is 10.3. The highest BCUT2D eigenvalue weighted by Gasteiger charge is 2.46. The van der Waals surface area contributed by atoms with Crippen LogP contribution < -0.4 is 20.4 Å². The van der Waals surface area contributed by atoms with E-state index in [2.05, 4.69) is 15.6 Å². The molecular weight excluding hydrogens is 457 g/mol. The molecule has 9 nitrogen and oxygen atoms in total. The van der Waals surface area contributed by atoms with Gasteiger partial charge in [0.2, 0.25) is 5.91 Å². The Hall–Kier alpha value is -3.80. The van der Waals surface area contributed by atoms with E-state index in [-0.39, 0.29) is 24.2 Å². The van der Waals surface area contributed by atoms with Gasteiger partial charge in [-0.3, -0.25) is 14.6 Å². The van der Waals surface area contributed by atoms with Crippen molar-refractivity contribution in [1.29, 1.82) is 0 Å². The number of rotatable bonds is 5. The summed E-state index contributed by atoms with van der Waals surface area (Å²) in [5.41, 5.74) is 2.11. The molecule has 2 fully saturated rings. The van der Waals surface area contributed by atoms with E-state index in [0.29, 0.717) is 11.4 Å². The van der Waals surface area contributed by atoms with Crippen LogP contribution in [0, 0.1) is 12.8 Å². The molecule has 2 aromatic rings. The van der Waals surface area contributed by atoms with Gasteiger partial charge in [0.1, 0.15) is 11.9 Å². The molecule has 4 rings (SSSR count). The summed E-state index contributed by atoms with van der Waals surface area (Å²) >= 11 is 0. The molecule has 2 aliphatic rings. The van der Waals surface area contributed by atoms with E-state index >= 15 is 0 Å². The van der Waals surface area contributed by atoms with Gasteiger partial charge in [-0.1, -0.05) is 12.1 Å². The second kappa shape index (κ2) is 8.86. The number of urea groups is 1. The number of hydrogen-bond acceptors (Lipinski definition) is 6. The topological polar surface area (TPSA) is 100 Å². The minimum atomic E-state index is -4.58. The summed E-state index contributed by atoms with van der Waals surface area (Å²) in [5.74, 6) is -1.07. The summed E-state index contributed by atoms with van der Waals surface area (Å²) in [6.45, 7) is 0.823. The molecule has 2 aromatic carbocycles. The van der Waals surface area contributed by atoms with Crippen molar-refractivity contribution in [3.8, 4) is 5.75 Å². The number of amides is 4. The number of methoxy groups -OCH3 is 1. The maximum absolute atomic E-state index is 13.4. The van der Waals surface area contributed by atoms with E-state index in [1.165, 1.54) is 31.1 Å². The maximum Gasteiger partial charge on any atom is 0.427 e. The zero-order valence-corrected chi connectivity index (χ0v) is 18.2. The molecule has 0 spiro atoms. The number of hydroxylamine groups is 1. The molecule has 2 saturated heterocycles. The number of anilines is 1. The van der Waals surface area contributed by atoms with Gasteiger partial charge >= 0.3 is 18.3 Å². The fraction of sp³-hybridized carbons (Fsp3) is 0.318. The van der Waals surface area contributed by atoms with Crippen LogP contribution in [0.3, 0.4) is 0 Å². The zero-order chi connectivity index (χ0) is 24.6. The van der Waals surface area contributed by atoms with Gasteiger partial charge in [0.05, 0.1) is 25.1 Å². The molecule has 12 heteroatoms. The second-order valence-electron chi connectivity index (χ2n) is 7.84. The van der Waals surface area contributed by atoms with Crippen LogP contribution in [0.25, 0.3) is 0 Å². The highest BCUT2D eigenvalue weighted by molar-refractivity contribution is 6.06. The Morgan fingerprint density at radius 1 is 1.12 bits per heavy atom. The first-order chi connectivity index (χ1) is 16.1. The SMILES string of the molecule is COc1ccc(N2CC(C3NOC(=O)N3)C(=O)N(Cc3cccc(C(F)(F)F)c3C)C2=O)cc1. The van der Waals surface area contributed by atoms with Gasteiger partial charge in [-0.25, -0.2) is 9.59 Å². The van der Waals surface area contributed by atoms with Crippen molar-refractivity contribution < 1.29 is 37.1 Å². The zero-order valence-electron chi connectivity index (χ0n) is 18.2. The van der Waals surface area contributed by atoms with E-state index < -0.39 is 41.9 Å². The van der Waals surface area contributed by atoms with Gasteiger partial charge < -0.3 is 14.9 Å². The highest BCUT2D eigenvalue weighted by Crippen LogP contribution is 2.34. The van der Waals surface area contributed by atoms with Crippen LogP contribution in [0.5, 0.6) is 5.75 Å². The molecule has 34 heavy (non-hydrogen) atoms. The molecular formula is C22H21F3N4O5. The molecule has 180 valence electrons. The van der Waals surface area contributed by atoms with Crippen molar-refractivity contribution in [2.75, 3.05) is 18.6 Å². The van der Waals surface area contributed by atoms with E-state index in [1.54, 1.807) is 24.3 Å². The van der Waals surface area contributed by atoms with Crippen molar-refractivity contribution in [2.45, 2.75) is 25.8 Å². The van der Waals surface area contributed by atoms with Crippen LogP contribution in [-0.4, -0.2) is 42.8 Å². The molecule has 0 saturated carbocycles. The van der Waals surface area contributed by atoms with Gasteiger partial charge in [0, 0.05) is 12.2 Å². The lowest BCUT2D eigenvalue weighted by Gasteiger charge is -2.40. The second-order valence-corrected chi connectivity index (χ2v) is 7.84. The van der Waals surface area contributed by atoms with Gasteiger partial charge in [0.25, 0.3) is 0 Å². The first kappa shape index (κ1) is 23.4. The maximum atomic E-state index is 13.4. The normalized spacial score (nSPS) is 20.9. The number of carbonyl (C=O) groups is 3. The third kappa shape index (κ3) is 4.36. The fourth-order valence-electron chi connectivity index (χ4n) is 3.98. The van der Waals surface area contributed by atoms with Crippen molar-refractivity contribution >= 4 is 23.7 Å². The van der Waals surface area contributed by atoms with Crippen molar-refractivity contribution in [1.82, 2.24) is 15.7 Å². The first-order valence-corrected chi connectivity index (χ1v) is 10.3. The summed E-state index contributed by atoms with van der Waals surface area (Å²) in [6.07, 6.45) is -6.30. The number of alkyl halides is 3. The largest absolute Gasteiger partial charge is 0.497 e. The smallest absolute Gasteiger partial charge is 0.427 e. The Balaban J connectivity index is 1.70. The van der Waals surface area contributed by atoms with Crippen molar-refractivity contribution in [3.05, 3.63) is 59.2 Å². The summed E-state index contributed by atoms with van der Waals surface area (Å²) in [6, 6.07) is 9.42. The minimum Gasteiger partial charge on any atom is -0.497 e. The van der Waals surface area contributed by atoms with Crippen LogP contribution in [-0.2, 0) is 22.4 Å². The molecule has 0 bridgehead atoms. The highest BCUT2D eigenvalue weighted by atomic mass is 19.4. The average Bonchev–Trinajstić information content (AvgIpc) is 3.23. The molecule has 2 aliphatic heterocycles. The Morgan fingerprint density at radius 3 is 2.41 bits per heavy atom. The predicted octanol–water partition coefficient (Wildman–Crippen LogP) is 3.18. The van der Waals surface area contributed by atoms with Gasteiger partial charge in [-0.2, -0.15) is 13.2 Å². The summed E-state index contributed by atoms with van der Waals surface area (Å²) in [7, 11) is 1.49. The van der Waals surface area contributed by atoms with Gasteiger partial charge in [-0.15, -0.1) is 5.48 Å². The van der Waals surface area contributed by atoms with Crippen LogP contribution in [0.1, 0.15) is 16.7 Å². The molecule has 0 aliphatic carbocycles.